The predicted octanol–water partition coefficient (Wildman–Crippen LogP) is 8.88. The molecule has 0 radical (unpaired) electrons. The molecule has 0 amide bonds. The average molecular weight is 583 g/mol. The van der Waals surface area contributed by atoms with E-state index in [1.807, 2.05) is 41.9 Å². The van der Waals surface area contributed by atoms with Gasteiger partial charge in [-0.3, -0.25) is 4.98 Å². The molecule has 0 aliphatic carbocycles. The Morgan fingerprint density at radius 2 is 1.56 bits per heavy atom. The maximum Gasteiger partial charge on any atom is 0.433 e. The molecule has 218 valence electrons. The Morgan fingerprint density at radius 1 is 0.837 bits per heavy atom. The molecule has 0 aliphatic heterocycles. The summed E-state index contributed by atoms with van der Waals surface area (Å²) in [5.41, 5.74) is 3.30. The number of pyridine rings is 1. The van der Waals surface area contributed by atoms with E-state index in [4.69, 9.17) is 9.72 Å². The largest absolute Gasteiger partial charge is 0.457 e. The van der Waals surface area contributed by atoms with Crippen LogP contribution in [0.3, 0.4) is 0 Å². The molecule has 0 spiro atoms. The summed E-state index contributed by atoms with van der Waals surface area (Å²) in [4.78, 5) is 15.7. The summed E-state index contributed by atoms with van der Waals surface area (Å²) in [7, 11) is 1.93. The maximum absolute atomic E-state index is 13.8. The summed E-state index contributed by atoms with van der Waals surface area (Å²) in [6.07, 6.45) is -3.15. The van der Waals surface area contributed by atoms with Gasteiger partial charge in [0.25, 0.3) is 0 Å². The molecule has 6 rings (SSSR count). The van der Waals surface area contributed by atoms with Gasteiger partial charge in [-0.15, -0.1) is 0 Å². The minimum Gasteiger partial charge on any atom is -0.457 e. The van der Waals surface area contributed by atoms with Crippen molar-refractivity contribution in [2.45, 2.75) is 32.4 Å². The number of ether oxygens (including phenoxy) is 1. The van der Waals surface area contributed by atoms with E-state index in [0.717, 1.165) is 16.7 Å². The number of halogens is 3. The predicted molar refractivity (Wildman–Crippen MR) is 161 cm³/mol. The number of H-pyrrole nitrogens is 1. The zero-order valence-corrected chi connectivity index (χ0v) is 24.0. The molecule has 3 aromatic heterocycles. The van der Waals surface area contributed by atoms with Crippen molar-refractivity contribution >= 4 is 22.7 Å². The number of alkyl halides is 3. The Bertz CT molecular complexity index is 1900. The van der Waals surface area contributed by atoms with Crippen LogP contribution in [0.2, 0.25) is 0 Å². The van der Waals surface area contributed by atoms with Crippen molar-refractivity contribution < 1.29 is 17.9 Å². The van der Waals surface area contributed by atoms with Crippen molar-refractivity contribution in [3.8, 4) is 34.3 Å². The molecule has 0 bridgehead atoms. The molecule has 0 unspecified atom stereocenters. The fraction of sp³-hybridized carbons (Fsp3) is 0.182. The lowest BCUT2D eigenvalue weighted by Crippen LogP contribution is -2.10. The molecule has 3 aromatic carbocycles. The van der Waals surface area contributed by atoms with Gasteiger partial charge < -0.3 is 19.6 Å². The van der Waals surface area contributed by atoms with Gasteiger partial charge in [-0.05, 0) is 41.3 Å². The fourth-order valence-corrected chi connectivity index (χ4v) is 4.78. The van der Waals surface area contributed by atoms with Crippen LogP contribution >= 0.6 is 0 Å². The molecular formula is C33H29F3N6O. The average Bonchev–Trinajstić information content (AvgIpc) is 3.56. The van der Waals surface area contributed by atoms with Crippen LogP contribution in [0, 0.1) is 0 Å². The van der Waals surface area contributed by atoms with E-state index < -0.39 is 11.9 Å². The first-order chi connectivity index (χ1) is 20.5. The zero-order valence-electron chi connectivity index (χ0n) is 24.0. The van der Waals surface area contributed by atoms with Crippen molar-refractivity contribution in [3.63, 3.8) is 0 Å². The summed E-state index contributed by atoms with van der Waals surface area (Å²) in [5, 5.41) is 3.38. The Morgan fingerprint density at radius 3 is 2.26 bits per heavy atom. The van der Waals surface area contributed by atoms with Crippen molar-refractivity contribution in [1.29, 1.82) is 0 Å². The third-order valence-electron chi connectivity index (χ3n) is 7.10. The molecule has 0 saturated carbocycles. The van der Waals surface area contributed by atoms with Crippen LogP contribution in [0.4, 0.5) is 24.8 Å². The van der Waals surface area contributed by atoms with Crippen molar-refractivity contribution in [2.75, 3.05) is 5.32 Å². The molecule has 43 heavy (non-hydrogen) atoms. The third kappa shape index (κ3) is 5.81. The monoisotopic (exact) mass is 582 g/mol. The van der Waals surface area contributed by atoms with Crippen LogP contribution in [-0.2, 0) is 18.6 Å². The zero-order chi connectivity index (χ0) is 30.4. The Kier molecular flexibility index (Phi) is 6.92. The van der Waals surface area contributed by atoms with Crippen LogP contribution in [0.25, 0.3) is 33.8 Å². The summed E-state index contributed by atoms with van der Waals surface area (Å²) in [5.74, 6) is 1.57. The number of fused-ring (bicyclic) bond motifs is 1. The van der Waals surface area contributed by atoms with Gasteiger partial charge in [-0.1, -0.05) is 63.2 Å². The summed E-state index contributed by atoms with van der Waals surface area (Å²) < 4.78 is 49.6. The number of nitrogens with zero attached hydrogens (tertiary/aromatic N) is 4. The Balaban J connectivity index is 1.25. The molecule has 2 N–H and O–H groups in total. The highest BCUT2D eigenvalue weighted by Crippen LogP contribution is 2.37. The lowest BCUT2D eigenvalue weighted by atomic mass is 9.87. The van der Waals surface area contributed by atoms with Crippen molar-refractivity contribution in [1.82, 2.24) is 24.5 Å². The lowest BCUT2D eigenvalue weighted by molar-refractivity contribution is -0.140. The van der Waals surface area contributed by atoms with Gasteiger partial charge in [0.05, 0.1) is 11.0 Å². The van der Waals surface area contributed by atoms with Crippen molar-refractivity contribution in [2.24, 2.45) is 7.05 Å². The highest BCUT2D eigenvalue weighted by Gasteiger charge is 2.37. The number of benzene rings is 3. The number of aromatic nitrogens is 5. The molecular weight excluding hydrogens is 553 g/mol. The summed E-state index contributed by atoms with van der Waals surface area (Å²) >= 11 is 0. The van der Waals surface area contributed by atoms with Crippen LogP contribution < -0.4 is 10.1 Å². The molecule has 0 aliphatic rings. The SMILES string of the molecule is Cn1c(Nc2ccc(C(C)(C)C)cc2)nc2cc(Oc3ccnc(-c4nc(-c5ccccc5)c(C(F)(F)F)[nH]4)c3)ccc21. The maximum atomic E-state index is 13.8. The van der Waals surface area contributed by atoms with Gasteiger partial charge in [-0.25, -0.2) is 9.97 Å². The van der Waals surface area contributed by atoms with E-state index in [9.17, 15) is 13.2 Å². The highest BCUT2D eigenvalue weighted by molar-refractivity contribution is 5.81. The smallest absolute Gasteiger partial charge is 0.433 e. The number of nitrogens with one attached hydrogen (secondary N) is 2. The molecule has 0 atom stereocenters. The first-order valence-corrected chi connectivity index (χ1v) is 13.7. The van der Waals surface area contributed by atoms with Gasteiger partial charge in [-0.2, -0.15) is 13.2 Å². The van der Waals surface area contributed by atoms with Crippen LogP contribution in [0.5, 0.6) is 11.5 Å². The van der Waals surface area contributed by atoms with Crippen LogP contribution in [0.1, 0.15) is 32.0 Å². The van der Waals surface area contributed by atoms with E-state index in [0.29, 0.717) is 23.0 Å². The highest BCUT2D eigenvalue weighted by atomic mass is 19.4. The topological polar surface area (TPSA) is 80.7 Å². The van der Waals surface area contributed by atoms with Crippen molar-refractivity contribution in [3.05, 3.63) is 102 Å². The van der Waals surface area contributed by atoms with E-state index in [1.165, 1.54) is 11.8 Å². The molecule has 0 fully saturated rings. The van der Waals surface area contributed by atoms with E-state index in [-0.39, 0.29) is 22.6 Å². The quantitative estimate of drug-likeness (QED) is 0.205. The van der Waals surface area contributed by atoms with Crippen LogP contribution in [-0.4, -0.2) is 24.5 Å². The number of aromatic amines is 1. The Labute approximate surface area is 246 Å². The number of imidazole rings is 2. The number of aryl methyl sites for hydroxylation is 1. The molecule has 0 saturated heterocycles. The number of hydrogen-bond donors (Lipinski definition) is 2. The molecule has 10 heteroatoms. The first-order valence-electron chi connectivity index (χ1n) is 13.7. The summed E-state index contributed by atoms with van der Waals surface area (Å²) in [6.45, 7) is 6.53. The van der Waals surface area contributed by atoms with Crippen LogP contribution in [0.15, 0.2) is 91.1 Å². The number of rotatable bonds is 6. The number of hydrogen-bond acceptors (Lipinski definition) is 5. The second-order valence-corrected chi connectivity index (χ2v) is 11.2. The van der Waals surface area contributed by atoms with Gasteiger partial charge >= 0.3 is 6.18 Å². The van der Waals surface area contributed by atoms with E-state index in [2.05, 4.69) is 53.2 Å². The standard InChI is InChI=1S/C33H29F3N6O/c1-32(2,3)21-10-12-22(13-11-21)38-31-39-25-18-23(14-15-27(25)42(31)4)43-24-16-17-37-26(19-24)30-40-28(20-8-6-5-7-9-20)29(41-30)33(34,35)36/h5-19H,1-4H3,(H,38,39)(H,40,41). The molecule has 3 heterocycles. The third-order valence-corrected chi connectivity index (χ3v) is 7.10. The fourth-order valence-electron chi connectivity index (χ4n) is 4.78. The minimum absolute atomic E-state index is 0.0111. The molecule has 7 nitrogen and oxygen atoms in total. The normalized spacial score (nSPS) is 12.1. The van der Waals surface area contributed by atoms with E-state index >= 15 is 0 Å². The Hall–Kier alpha value is -5.12. The first kappa shape index (κ1) is 28.0. The second-order valence-electron chi connectivity index (χ2n) is 11.2. The minimum atomic E-state index is -4.62. The second kappa shape index (κ2) is 10.6. The van der Waals surface area contributed by atoms with E-state index in [1.54, 1.807) is 42.5 Å². The van der Waals surface area contributed by atoms with Gasteiger partial charge in [0.2, 0.25) is 5.95 Å². The summed E-state index contributed by atoms with van der Waals surface area (Å²) in [6, 6.07) is 25.2. The van der Waals surface area contributed by atoms with Gasteiger partial charge in [0.15, 0.2) is 5.82 Å². The van der Waals surface area contributed by atoms with Gasteiger partial charge in [0.1, 0.15) is 28.6 Å². The number of anilines is 2. The van der Waals surface area contributed by atoms with Gasteiger partial charge in [0, 0.05) is 36.6 Å². The molecule has 6 aromatic rings. The lowest BCUT2D eigenvalue weighted by Gasteiger charge is -2.19.